The first-order valence-corrected chi connectivity index (χ1v) is 11.2. The summed E-state index contributed by atoms with van der Waals surface area (Å²) >= 11 is 0. The molecule has 4 unspecified atom stereocenters. The molecule has 1 aromatic heterocycles. The maximum Gasteiger partial charge on any atom is 0.351 e. The van der Waals surface area contributed by atoms with Crippen molar-refractivity contribution in [1.29, 1.82) is 0 Å². The zero-order chi connectivity index (χ0) is 18.3. The molecular weight excluding hydrogens is 326 g/mol. The molecule has 1 aliphatic rings. The van der Waals surface area contributed by atoms with Gasteiger partial charge in [-0.15, -0.1) is 0 Å². The van der Waals surface area contributed by atoms with Gasteiger partial charge in [0, 0.05) is 6.20 Å². The van der Waals surface area contributed by atoms with Crippen LogP contribution in [0.3, 0.4) is 0 Å². The summed E-state index contributed by atoms with van der Waals surface area (Å²) < 4.78 is 13.6. The predicted molar refractivity (Wildman–Crippen MR) is 95.2 cm³/mol. The number of nitrogens with zero attached hydrogens (tertiary/aromatic N) is 2. The minimum Gasteiger partial charge on any atom is -0.408 e. The van der Waals surface area contributed by atoms with Crippen molar-refractivity contribution in [3.63, 3.8) is 0 Å². The lowest BCUT2D eigenvalue weighted by atomic mass is 10.1. The lowest BCUT2D eigenvalue weighted by molar-refractivity contribution is -0.0403. The lowest BCUT2D eigenvalue weighted by Crippen LogP contribution is -2.49. The van der Waals surface area contributed by atoms with E-state index in [1.165, 1.54) is 16.8 Å². The van der Waals surface area contributed by atoms with Crippen molar-refractivity contribution in [1.82, 2.24) is 9.55 Å². The summed E-state index contributed by atoms with van der Waals surface area (Å²) in [7, 11) is -2.09. The number of aliphatic hydroxyl groups excluding tert-OH is 1. The van der Waals surface area contributed by atoms with Crippen molar-refractivity contribution in [2.45, 2.75) is 76.8 Å². The lowest BCUT2D eigenvalue weighted by Gasteiger charge is -2.40. The van der Waals surface area contributed by atoms with Crippen LogP contribution in [-0.2, 0) is 9.16 Å². The zero-order valence-corrected chi connectivity index (χ0v) is 16.3. The summed E-state index contributed by atoms with van der Waals surface area (Å²) in [4.78, 5) is 15.8. The van der Waals surface area contributed by atoms with Gasteiger partial charge in [-0.3, -0.25) is 4.57 Å². The fraction of sp³-hybridized carbons (Fsp3) is 0.750. The molecule has 0 aromatic carbocycles. The molecule has 2 heterocycles. The molecule has 8 heteroatoms. The van der Waals surface area contributed by atoms with Crippen LogP contribution in [0.25, 0.3) is 0 Å². The van der Waals surface area contributed by atoms with E-state index in [0.29, 0.717) is 6.42 Å². The average Bonchev–Trinajstić information content (AvgIpc) is 2.74. The van der Waals surface area contributed by atoms with E-state index in [0.717, 1.165) is 0 Å². The van der Waals surface area contributed by atoms with Gasteiger partial charge in [-0.1, -0.05) is 27.7 Å². The quantitative estimate of drug-likeness (QED) is 0.800. The van der Waals surface area contributed by atoms with Crippen molar-refractivity contribution < 1.29 is 14.3 Å². The second-order valence-corrected chi connectivity index (χ2v) is 12.6. The second kappa shape index (κ2) is 6.59. The number of aliphatic hydroxyl groups is 1. The molecule has 2 rings (SSSR count). The molecule has 1 aromatic rings. The molecule has 1 fully saturated rings. The van der Waals surface area contributed by atoms with Gasteiger partial charge in [-0.2, -0.15) is 4.98 Å². The SMILES string of the molecule is CCC1OC(n2ccc(N)nc2=O)C(O)C1O[Si](C)(C)C(C)(C)C. The van der Waals surface area contributed by atoms with Gasteiger partial charge in [0.05, 0.1) is 6.10 Å². The predicted octanol–water partition coefficient (Wildman–Crippen LogP) is 1.88. The van der Waals surface area contributed by atoms with Crippen LogP contribution in [0, 0.1) is 0 Å². The second-order valence-electron chi connectivity index (χ2n) is 7.85. The highest BCUT2D eigenvalue weighted by Crippen LogP contribution is 2.41. The minimum absolute atomic E-state index is 0.0166. The third-order valence-corrected chi connectivity index (χ3v) is 9.55. The smallest absolute Gasteiger partial charge is 0.351 e. The number of hydrogen-bond acceptors (Lipinski definition) is 6. The van der Waals surface area contributed by atoms with E-state index >= 15 is 0 Å². The molecule has 136 valence electrons. The van der Waals surface area contributed by atoms with Gasteiger partial charge in [0.15, 0.2) is 14.5 Å². The van der Waals surface area contributed by atoms with Crippen LogP contribution in [0.5, 0.6) is 0 Å². The first kappa shape index (κ1) is 19.1. The number of rotatable bonds is 4. The third kappa shape index (κ3) is 3.56. The number of aromatic nitrogens is 2. The van der Waals surface area contributed by atoms with Crippen molar-refractivity contribution in [3.8, 4) is 0 Å². The molecule has 4 atom stereocenters. The summed E-state index contributed by atoms with van der Waals surface area (Å²) in [5.74, 6) is 0.143. The first-order chi connectivity index (χ1) is 11.0. The molecule has 0 bridgehead atoms. The van der Waals surface area contributed by atoms with Crippen molar-refractivity contribution in [2.24, 2.45) is 0 Å². The molecule has 1 saturated heterocycles. The van der Waals surface area contributed by atoms with Gasteiger partial charge >= 0.3 is 5.69 Å². The maximum atomic E-state index is 12.1. The average molecular weight is 356 g/mol. The van der Waals surface area contributed by atoms with Crippen LogP contribution < -0.4 is 11.4 Å². The Hall–Kier alpha value is -1.22. The zero-order valence-electron chi connectivity index (χ0n) is 15.3. The van der Waals surface area contributed by atoms with Gasteiger partial charge in [0.25, 0.3) is 0 Å². The van der Waals surface area contributed by atoms with E-state index in [4.69, 9.17) is 14.9 Å². The summed E-state index contributed by atoms with van der Waals surface area (Å²) in [6, 6.07) is 1.51. The summed E-state index contributed by atoms with van der Waals surface area (Å²) in [5, 5.41) is 10.8. The Morgan fingerprint density at radius 3 is 2.58 bits per heavy atom. The number of nitrogens with two attached hydrogens (primary N) is 1. The molecule has 0 amide bonds. The van der Waals surface area contributed by atoms with Gasteiger partial charge in [0.1, 0.15) is 18.0 Å². The number of nitrogen functional groups attached to an aromatic ring is 1. The molecule has 7 nitrogen and oxygen atoms in total. The highest BCUT2D eigenvalue weighted by molar-refractivity contribution is 6.74. The highest BCUT2D eigenvalue weighted by Gasteiger charge is 2.49. The van der Waals surface area contributed by atoms with Crippen LogP contribution in [0.15, 0.2) is 17.1 Å². The molecule has 0 spiro atoms. The Kier molecular flexibility index (Phi) is 5.24. The van der Waals surface area contributed by atoms with Crippen molar-refractivity contribution >= 4 is 14.1 Å². The Morgan fingerprint density at radius 1 is 1.46 bits per heavy atom. The van der Waals surface area contributed by atoms with Gasteiger partial charge in [-0.05, 0) is 30.6 Å². The van der Waals surface area contributed by atoms with Crippen molar-refractivity contribution in [3.05, 3.63) is 22.7 Å². The van der Waals surface area contributed by atoms with E-state index in [1.807, 2.05) is 6.92 Å². The Bertz CT molecular complexity index is 641. The van der Waals surface area contributed by atoms with E-state index < -0.39 is 32.4 Å². The molecule has 0 aliphatic carbocycles. The molecule has 0 radical (unpaired) electrons. The molecule has 3 N–H and O–H groups in total. The topological polar surface area (TPSA) is 99.6 Å². The number of anilines is 1. The largest absolute Gasteiger partial charge is 0.408 e. The molecule has 0 saturated carbocycles. The van der Waals surface area contributed by atoms with Crippen LogP contribution in [-0.4, -0.2) is 41.3 Å². The monoisotopic (exact) mass is 355 g/mol. The molecule has 24 heavy (non-hydrogen) atoms. The van der Waals surface area contributed by atoms with Gasteiger partial charge in [0.2, 0.25) is 0 Å². The molecule has 1 aliphatic heterocycles. The fourth-order valence-corrected chi connectivity index (χ4v) is 3.89. The number of ether oxygens (including phenoxy) is 1. The maximum absolute atomic E-state index is 12.1. The standard InChI is InChI=1S/C16H29N3O4Si/c1-7-10-13(23-24(5,6)16(2,3)4)12(20)14(22-10)19-9-8-11(17)18-15(19)21/h8-10,12-14,20H,7H2,1-6H3,(H2,17,18,21). The summed E-state index contributed by atoms with van der Waals surface area (Å²) in [6.07, 6.45) is -0.310. The van der Waals surface area contributed by atoms with Gasteiger partial charge in [-0.25, -0.2) is 4.79 Å². The first-order valence-electron chi connectivity index (χ1n) is 8.34. The number of hydrogen-bond donors (Lipinski definition) is 2. The van der Waals surface area contributed by atoms with Crippen LogP contribution >= 0.6 is 0 Å². The fourth-order valence-electron chi connectivity index (χ4n) is 2.56. The van der Waals surface area contributed by atoms with E-state index in [2.05, 4.69) is 38.8 Å². The molecular formula is C16H29N3O4Si. The van der Waals surface area contributed by atoms with E-state index in [1.54, 1.807) is 0 Å². The van der Waals surface area contributed by atoms with Crippen LogP contribution in [0.1, 0.15) is 40.3 Å². The third-order valence-electron chi connectivity index (χ3n) is 5.07. The Balaban J connectivity index is 2.30. The van der Waals surface area contributed by atoms with Crippen molar-refractivity contribution in [2.75, 3.05) is 5.73 Å². The van der Waals surface area contributed by atoms with E-state index in [-0.39, 0.29) is 17.0 Å². The minimum atomic E-state index is -2.09. The Labute approximate surface area is 143 Å². The summed E-state index contributed by atoms with van der Waals surface area (Å²) in [5.41, 5.74) is 4.99. The van der Waals surface area contributed by atoms with Crippen LogP contribution in [0.4, 0.5) is 5.82 Å². The van der Waals surface area contributed by atoms with Crippen LogP contribution in [0.2, 0.25) is 18.1 Å². The van der Waals surface area contributed by atoms with E-state index in [9.17, 15) is 9.90 Å². The Morgan fingerprint density at radius 2 is 2.08 bits per heavy atom. The summed E-state index contributed by atoms with van der Waals surface area (Å²) in [6.45, 7) is 12.7. The van der Waals surface area contributed by atoms with Gasteiger partial charge < -0.3 is 20.0 Å². The highest BCUT2D eigenvalue weighted by atomic mass is 28.4. The normalized spacial score (nSPS) is 28.3.